The summed E-state index contributed by atoms with van der Waals surface area (Å²) in [5.41, 5.74) is 9.97. The van der Waals surface area contributed by atoms with E-state index in [1.807, 2.05) is 12.2 Å². The Hall–Kier alpha value is -1.53. The second kappa shape index (κ2) is 15.3. The predicted molar refractivity (Wildman–Crippen MR) is 127 cm³/mol. The SMILES string of the molecule is C=CCCCCCCCCCCC1(O)C=CC2=[N+](CCCCN=C(N)N)CCCN21.[Cl-]. The maximum atomic E-state index is 11.2. The van der Waals surface area contributed by atoms with Crippen LogP contribution in [0.5, 0.6) is 0 Å². The van der Waals surface area contributed by atoms with E-state index < -0.39 is 5.72 Å². The predicted octanol–water partition coefficient (Wildman–Crippen LogP) is 0.506. The number of halogens is 1. The summed E-state index contributed by atoms with van der Waals surface area (Å²) in [6.07, 6.45) is 21.4. The molecule has 6 nitrogen and oxygen atoms in total. The Morgan fingerprint density at radius 2 is 1.77 bits per heavy atom. The summed E-state index contributed by atoms with van der Waals surface area (Å²) in [5.74, 6) is 1.35. The van der Waals surface area contributed by atoms with E-state index in [0.717, 1.165) is 58.2 Å². The van der Waals surface area contributed by atoms with Gasteiger partial charge in [0, 0.05) is 25.5 Å². The van der Waals surface area contributed by atoms with Crippen molar-refractivity contribution in [3.8, 4) is 0 Å². The number of aliphatic imine (C=N–C) groups is 1. The molecule has 0 aromatic heterocycles. The minimum atomic E-state index is -0.795. The molecule has 1 atom stereocenters. The monoisotopic (exact) mass is 453 g/mol. The van der Waals surface area contributed by atoms with Gasteiger partial charge in [-0.3, -0.25) is 9.57 Å². The third kappa shape index (κ3) is 9.65. The van der Waals surface area contributed by atoms with Crippen LogP contribution in [0.2, 0.25) is 0 Å². The van der Waals surface area contributed by atoms with E-state index in [4.69, 9.17) is 11.5 Å². The highest BCUT2D eigenvalue weighted by Gasteiger charge is 2.46. The fraction of sp³-hybridized carbons (Fsp3) is 0.750. The molecule has 0 amide bonds. The van der Waals surface area contributed by atoms with Crippen molar-refractivity contribution >= 4 is 11.8 Å². The lowest BCUT2D eigenvalue weighted by Gasteiger charge is -2.32. The zero-order valence-electron chi connectivity index (χ0n) is 19.3. The van der Waals surface area contributed by atoms with Crippen molar-refractivity contribution in [2.75, 3.05) is 26.2 Å². The number of nitrogens with zero attached hydrogens (tertiary/aromatic N) is 3. The molecule has 2 aliphatic heterocycles. The van der Waals surface area contributed by atoms with Gasteiger partial charge in [0.2, 0.25) is 5.72 Å². The topological polar surface area (TPSA) is 90.9 Å². The Labute approximate surface area is 195 Å². The average Bonchev–Trinajstić information content (AvgIpc) is 3.07. The summed E-state index contributed by atoms with van der Waals surface area (Å²) in [5, 5.41) is 11.2. The van der Waals surface area contributed by atoms with Gasteiger partial charge in [-0.1, -0.05) is 44.6 Å². The highest BCUT2D eigenvalue weighted by molar-refractivity contribution is 5.92. The molecule has 2 heterocycles. The number of allylic oxidation sites excluding steroid dienone is 1. The summed E-state index contributed by atoms with van der Waals surface area (Å²) < 4.78 is 2.40. The van der Waals surface area contributed by atoms with E-state index in [9.17, 15) is 5.11 Å². The van der Waals surface area contributed by atoms with E-state index in [-0.39, 0.29) is 18.4 Å². The van der Waals surface area contributed by atoms with Crippen LogP contribution < -0.4 is 23.9 Å². The second-order valence-corrected chi connectivity index (χ2v) is 8.73. The Morgan fingerprint density at radius 1 is 1.10 bits per heavy atom. The van der Waals surface area contributed by atoms with Gasteiger partial charge >= 0.3 is 0 Å². The van der Waals surface area contributed by atoms with Crippen LogP contribution in [0, 0.1) is 0 Å². The van der Waals surface area contributed by atoms with Crippen LogP contribution in [0.3, 0.4) is 0 Å². The fourth-order valence-electron chi connectivity index (χ4n) is 4.51. The van der Waals surface area contributed by atoms with Gasteiger partial charge < -0.3 is 29.0 Å². The minimum Gasteiger partial charge on any atom is -1.00 e. The van der Waals surface area contributed by atoms with Crippen molar-refractivity contribution in [2.45, 2.75) is 89.2 Å². The summed E-state index contributed by atoms with van der Waals surface area (Å²) in [4.78, 5) is 6.27. The summed E-state index contributed by atoms with van der Waals surface area (Å²) in [6, 6.07) is 0. The fourth-order valence-corrected chi connectivity index (χ4v) is 4.51. The number of rotatable bonds is 16. The number of nitrogens with two attached hydrogens (primary N) is 2. The van der Waals surface area contributed by atoms with Crippen LogP contribution in [-0.4, -0.2) is 58.3 Å². The molecule has 2 rings (SSSR count). The molecule has 0 saturated heterocycles. The molecule has 0 aromatic carbocycles. The molecule has 0 aliphatic carbocycles. The molecule has 0 saturated carbocycles. The lowest BCUT2D eigenvalue weighted by atomic mass is 10.0. The van der Waals surface area contributed by atoms with Crippen molar-refractivity contribution < 1.29 is 22.1 Å². The number of hydrogen-bond donors (Lipinski definition) is 3. The molecule has 0 bridgehead atoms. The molecule has 7 heteroatoms. The first-order chi connectivity index (χ1) is 14.6. The summed E-state index contributed by atoms with van der Waals surface area (Å²) in [7, 11) is 0. The molecule has 0 aromatic rings. The van der Waals surface area contributed by atoms with Crippen LogP contribution in [0.25, 0.3) is 0 Å². The number of amidine groups is 1. The third-order valence-electron chi connectivity index (χ3n) is 6.21. The molecular weight excluding hydrogens is 410 g/mol. The van der Waals surface area contributed by atoms with Crippen molar-refractivity contribution in [3.63, 3.8) is 0 Å². The standard InChI is InChI=1S/C24H44N5O.ClH/c1-2-3-4-5-6-7-8-9-10-11-16-24(30)17-15-22-28(20-14-21-29(22)24)19-13-12-18-27-23(25)26;/h2,15,17,30H,1,3-14,16,18-21H2,(H4,25,26,27);1H/q+1;/p-1. The van der Waals surface area contributed by atoms with Crippen molar-refractivity contribution in [2.24, 2.45) is 16.5 Å². The van der Waals surface area contributed by atoms with Crippen LogP contribution in [0.15, 0.2) is 29.8 Å². The summed E-state index contributed by atoms with van der Waals surface area (Å²) >= 11 is 0. The molecular formula is C24H44ClN5O. The number of unbranched alkanes of at least 4 members (excludes halogenated alkanes) is 9. The van der Waals surface area contributed by atoms with Crippen LogP contribution >= 0.6 is 0 Å². The zero-order chi connectivity index (χ0) is 21.7. The molecule has 0 radical (unpaired) electrons. The van der Waals surface area contributed by atoms with E-state index in [2.05, 4.69) is 27.1 Å². The van der Waals surface area contributed by atoms with E-state index in [1.54, 1.807) is 0 Å². The Morgan fingerprint density at radius 3 is 2.45 bits per heavy atom. The lowest BCUT2D eigenvalue weighted by Crippen LogP contribution is -3.00. The second-order valence-electron chi connectivity index (χ2n) is 8.73. The van der Waals surface area contributed by atoms with Crippen LogP contribution in [0.4, 0.5) is 0 Å². The van der Waals surface area contributed by atoms with Crippen molar-refractivity contribution in [1.82, 2.24) is 4.90 Å². The third-order valence-corrected chi connectivity index (χ3v) is 6.21. The van der Waals surface area contributed by atoms with Crippen LogP contribution in [-0.2, 0) is 0 Å². The first-order valence-corrected chi connectivity index (χ1v) is 12.0. The Balaban J connectivity index is 0.00000480. The summed E-state index contributed by atoms with van der Waals surface area (Å²) in [6.45, 7) is 7.44. The van der Waals surface area contributed by atoms with Gasteiger partial charge in [-0.2, -0.15) is 0 Å². The van der Waals surface area contributed by atoms with Gasteiger partial charge in [0.15, 0.2) is 5.96 Å². The van der Waals surface area contributed by atoms with Crippen molar-refractivity contribution in [1.29, 1.82) is 0 Å². The zero-order valence-corrected chi connectivity index (χ0v) is 20.0. The largest absolute Gasteiger partial charge is 1.00 e. The van der Waals surface area contributed by atoms with Gasteiger partial charge in [-0.15, -0.1) is 6.58 Å². The molecule has 1 unspecified atom stereocenters. The van der Waals surface area contributed by atoms with E-state index in [0.29, 0.717) is 6.54 Å². The average molecular weight is 454 g/mol. The van der Waals surface area contributed by atoms with Gasteiger partial charge in [-0.05, 0) is 38.2 Å². The number of hydrogen-bond acceptors (Lipinski definition) is 3. The quantitative estimate of drug-likeness (QED) is 0.104. The first-order valence-electron chi connectivity index (χ1n) is 12.0. The van der Waals surface area contributed by atoms with E-state index in [1.165, 1.54) is 50.8 Å². The van der Waals surface area contributed by atoms with Crippen molar-refractivity contribution in [3.05, 3.63) is 24.8 Å². The lowest BCUT2D eigenvalue weighted by molar-refractivity contribution is -0.539. The first kappa shape index (κ1) is 27.5. The highest BCUT2D eigenvalue weighted by atomic mass is 35.5. The number of fused-ring (bicyclic) bond motifs is 1. The normalized spacial score (nSPS) is 19.8. The van der Waals surface area contributed by atoms with Gasteiger partial charge in [0.05, 0.1) is 19.6 Å². The van der Waals surface area contributed by atoms with Gasteiger partial charge in [0.25, 0.3) is 5.84 Å². The minimum absolute atomic E-state index is 0. The Bertz CT molecular complexity index is 615. The van der Waals surface area contributed by atoms with E-state index >= 15 is 0 Å². The number of guanidine groups is 1. The Kier molecular flexibility index (Phi) is 13.6. The molecule has 2 aliphatic rings. The number of aliphatic hydroxyl groups is 1. The molecule has 5 N–H and O–H groups in total. The molecule has 0 fully saturated rings. The van der Waals surface area contributed by atoms with Gasteiger partial charge in [-0.25, -0.2) is 4.90 Å². The molecule has 0 spiro atoms. The van der Waals surface area contributed by atoms with Crippen LogP contribution in [0.1, 0.15) is 83.5 Å². The van der Waals surface area contributed by atoms with Gasteiger partial charge in [0.1, 0.15) is 0 Å². The maximum Gasteiger partial charge on any atom is 0.274 e. The highest BCUT2D eigenvalue weighted by Crippen LogP contribution is 2.30. The molecule has 178 valence electrons. The maximum absolute atomic E-state index is 11.2. The molecule has 31 heavy (non-hydrogen) atoms. The smallest absolute Gasteiger partial charge is 0.274 e.